The predicted molar refractivity (Wildman–Crippen MR) is 94.6 cm³/mol. The van der Waals surface area contributed by atoms with E-state index in [9.17, 15) is 4.79 Å². The van der Waals surface area contributed by atoms with E-state index in [0.717, 1.165) is 11.1 Å². The summed E-state index contributed by atoms with van der Waals surface area (Å²) in [6.45, 7) is 3.86. The number of nitrogens with one attached hydrogen (secondary N) is 1. The summed E-state index contributed by atoms with van der Waals surface area (Å²) >= 11 is 0. The van der Waals surface area contributed by atoms with Gasteiger partial charge >= 0.3 is 0 Å². The lowest BCUT2D eigenvalue weighted by molar-refractivity contribution is 0.914. The van der Waals surface area contributed by atoms with Gasteiger partial charge < -0.3 is 4.98 Å². The summed E-state index contributed by atoms with van der Waals surface area (Å²) in [6, 6.07) is 22.8. The largest absolute Gasteiger partial charge is 0.329 e. The van der Waals surface area contributed by atoms with Gasteiger partial charge in [-0.25, -0.2) is 0 Å². The fourth-order valence-electron chi connectivity index (χ4n) is 2.96. The molecule has 0 atom stereocenters. The van der Waals surface area contributed by atoms with Crippen molar-refractivity contribution in [3.05, 3.63) is 112 Å². The third-order valence-electron chi connectivity index (χ3n) is 4.05. The van der Waals surface area contributed by atoms with Crippen LogP contribution in [0.2, 0.25) is 0 Å². The van der Waals surface area contributed by atoms with Gasteiger partial charge in [0.05, 0.1) is 0 Å². The maximum absolute atomic E-state index is 12.0. The fourth-order valence-corrected chi connectivity index (χ4v) is 2.96. The van der Waals surface area contributed by atoms with E-state index < -0.39 is 0 Å². The zero-order valence-electron chi connectivity index (χ0n) is 13.0. The molecule has 0 fully saturated rings. The first kappa shape index (κ1) is 15.3. The summed E-state index contributed by atoms with van der Waals surface area (Å²) in [5, 5.41) is 0. The average molecular weight is 302 g/mol. The van der Waals surface area contributed by atoms with E-state index in [1.807, 2.05) is 48.7 Å². The monoisotopic (exact) mass is 302 g/mol. The van der Waals surface area contributed by atoms with Gasteiger partial charge in [0.1, 0.15) is 0 Å². The molecule has 1 heterocycles. The molecule has 2 aromatic carbocycles. The minimum atomic E-state index is -0.0164. The van der Waals surface area contributed by atoms with Crippen molar-refractivity contribution in [1.82, 2.24) is 4.98 Å². The Bertz CT molecular complexity index is 767. The molecule has 0 aliphatic carbocycles. The van der Waals surface area contributed by atoms with Gasteiger partial charge in [0.25, 0.3) is 5.56 Å². The smallest absolute Gasteiger partial charge is 0.251 e. The highest BCUT2D eigenvalue weighted by molar-refractivity contribution is 5.42. The average Bonchev–Trinajstić information content (AvgIpc) is 2.60. The summed E-state index contributed by atoms with van der Waals surface area (Å²) in [6.07, 6.45) is 3.24. The van der Waals surface area contributed by atoms with Crippen molar-refractivity contribution in [2.45, 2.75) is 18.8 Å². The van der Waals surface area contributed by atoms with E-state index in [1.165, 1.54) is 11.1 Å². The maximum atomic E-state index is 12.0. The number of benzene rings is 2. The number of hydrogen-bond acceptors (Lipinski definition) is 1. The van der Waals surface area contributed by atoms with Crippen LogP contribution in [0.1, 0.15) is 34.6 Å². The third-order valence-corrected chi connectivity index (χ3v) is 4.05. The van der Waals surface area contributed by atoms with Gasteiger partial charge in [-0.05, 0) is 35.6 Å². The first-order chi connectivity index (χ1) is 11.3. The summed E-state index contributed by atoms with van der Waals surface area (Å²) in [5.74, 6) is 0.109. The Morgan fingerprint density at radius 1 is 0.870 bits per heavy atom. The van der Waals surface area contributed by atoms with Gasteiger partial charge in [-0.3, -0.25) is 4.79 Å². The van der Waals surface area contributed by atoms with E-state index in [2.05, 4.69) is 36.2 Å². The van der Waals surface area contributed by atoms with Crippen LogP contribution in [0.4, 0.5) is 0 Å². The molecule has 0 saturated carbocycles. The Labute approximate surface area is 136 Å². The van der Waals surface area contributed by atoms with E-state index in [-0.39, 0.29) is 11.5 Å². The van der Waals surface area contributed by atoms with Crippen LogP contribution in [-0.2, 0) is 6.42 Å². The second kappa shape index (κ2) is 7.10. The minimum absolute atomic E-state index is 0.0164. The number of H-pyrrole nitrogens is 1. The summed E-state index contributed by atoms with van der Waals surface area (Å²) in [4.78, 5) is 14.9. The first-order valence-electron chi connectivity index (χ1n) is 7.90. The maximum Gasteiger partial charge on any atom is 0.251 e. The van der Waals surface area contributed by atoms with E-state index in [0.29, 0.717) is 12.8 Å². The summed E-state index contributed by atoms with van der Waals surface area (Å²) in [7, 11) is 0. The molecule has 0 amide bonds. The van der Waals surface area contributed by atoms with E-state index >= 15 is 0 Å². The zero-order valence-corrected chi connectivity index (χ0v) is 13.0. The molecule has 0 unspecified atom stereocenters. The molecule has 1 aromatic heterocycles. The third kappa shape index (κ3) is 3.42. The molecular formula is C21H20NO. The van der Waals surface area contributed by atoms with Crippen LogP contribution < -0.4 is 5.56 Å². The molecule has 0 aliphatic rings. The fraction of sp³-hybridized carbons (Fsp3) is 0.143. The summed E-state index contributed by atoms with van der Waals surface area (Å²) < 4.78 is 0. The van der Waals surface area contributed by atoms with Gasteiger partial charge in [0.2, 0.25) is 0 Å². The van der Waals surface area contributed by atoms with E-state index in [4.69, 9.17) is 0 Å². The van der Waals surface area contributed by atoms with Crippen molar-refractivity contribution in [1.29, 1.82) is 0 Å². The molecular weight excluding hydrogens is 282 g/mol. The molecule has 0 saturated heterocycles. The van der Waals surface area contributed by atoms with Crippen LogP contribution in [0.3, 0.4) is 0 Å². The Morgan fingerprint density at radius 2 is 1.43 bits per heavy atom. The number of aromatic amines is 1. The lowest BCUT2D eigenvalue weighted by atomic mass is 9.85. The van der Waals surface area contributed by atoms with Crippen LogP contribution in [0.15, 0.2) is 77.7 Å². The minimum Gasteiger partial charge on any atom is -0.329 e. The molecule has 0 aliphatic heterocycles. The number of pyridine rings is 1. The van der Waals surface area contributed by atoms with Crippen LogP contribution in [0.5, 0.6) is 0 Å². The van der Waals surface area contributed by atoms with Crippen LogP contribution >= 0.6 is 0 Å². The van der Waals surface area contributed by atoms with Gasteiger partial charge in [-0.2, -0.15) is 0 Å². The van der Waals surface area contributed by atoms with Crippen LogP contribution in [-0.4, -0.2) is 4.98 Å². The highest BCUT2D eigenvalue weighted by Gasteiger charge is 2.17. The number of hydrogen-bond donors (Lipinski definition) is 1. The molecule has 3 aromatic rings. The SMILES string of the molecule is [CH2]CCc1cc(C(c2ccccc2)c2ccccc2)c[nH]c1=O. The van der Waals surface area contributed by atoms with Crippen molar-refractivity contribution in [3.8, 4) is 0 Å². The van der Waals surface area contributed by atoms with Crippen molar-refractivity contribution in [2.24, 2.45) is 0 Å². The van der Waals surface area contributed by atoms with Crippen LogP contribution in [0.25, 0.3) is 0 Å². The summed E-state index contributed by atoms with van der Waals surface area (Å²) in [5.41, 5.74) is 4.31. The van der Waals surface area contributed by atoms with Crippen molar-refractivity contribution in [3.63, 3.8) is 0 Å². The van der Waals surface area contributed by atoms with Gasteiger partial charge in [0, 0.05) is 17.7 Å². The van der Waals surface area contributed by atoms with Crippen molar-refractivity contribution in [2.75, 3.05) is 0 Å². The molecule has 3 rings (SSSR count). The Hall–Kier alpha value is -2.61. The van der Waals surface area contributed by atoms with Gasteiger partial charge in [0.15, 0.2) is 0 Å². The highest BCUT2D eigenvalue weighted by Crippen LogP contribution is 2.31. The molecule has 2 nitrogen and oxygen atoms in total. The van der Waals surface area contributed by atoms with Gasteiger partial charge in [-0.15, -0.1) is 0 Å². The lowest BCUT2D eigenvalue weighted by Gasteiger charge is -2.19. The number of aryl methyl sites for hydroxylation is 1. The molecule has 1 N–H and O–H groups in total. The first-order valence-corrected chi connectivity index (χ1v) is 7.90. The van der Waals surface area contributed by atoms with E-state index in [1.54, 1.807) is 0 Å². The second-order valence-electron chi connectivity index (χ2n) is 5.65. The van der Waals surface area contributed by atoms with Crippen molar-refractivity contribution < 1.29 is 0 Å². The second-order valence-corrected chi connectivity index (χ2v) is 5.65. The van der Waals surface area contributed by atoms with Gasteiger partial charge in [-0.1, -0.05) is 67.6 Å². The molecule has 1 radical (unpaired) electrons. The Kier molecular flexibility index (Phi) is 4.72. The molecule has 0 bridgehead atoms. The Morgan fingerprint density at radius 3 is 1.96 bits per heavy atom. The number of rotatable bonds is 5. The van der Waals surface area contributed by atoms with Crippen molar-refractivity contribution >= 4 is 0 Å². The molecule has 23 heavy (non-hydrogen) atoms. The number of aromatic nitrogens is 1. The van der Waals surface area contributed by atoms with Crippen LogP contribution in [0, 0.1) is 6.92 Å². The lowest BCUT2D eigenvalue weighted by Crippen LogP contribution is -2.14. The highest BCUT2D eigenvalue weighted by atomic mass is 16.1. The normalized spacial score (nSPS) is 10.9. The molecule has 0 spiro atoms. The molecule has 2 heteroatoms. The quantitative estimate of drug-likeness (QED) is 0.748. The predicted octanol–water partition coefficient (Wildman–Crippen LogP) is 4.32. The topological polar surface area (TPSA) is 32.9 Å². The Balaban J connectivity index is 2.13. The molecule has 115 valence electrons. The standard InChI is InChI=1S/C21H20NO/c1-2-9-18-14-19(15-22-21(18)23)20(16-10-5-3-6-11-16)17-12-7-4-8-13-17/h3-8,10-15,20H,1-2,9H2,(H,22,23). The zero-order chi connectivity index (χ0) is 16.1.